The van der Waals surface area contributed by atoms with Crippen molar-refractivity contribution < 1.29 is 9.53 Å². The van der Waals surface area contributed by atoms with Crippen LogP contribution in [0.5, 0.6) is 5.75 Å². The van der Waals surface area contributed by atoms with Crippen LogP contribution in [0.4, 0.5) is 5.69 Å². The molecule has 0 aliphatic heterocycles. The molecule has 0 radical (unpaired) electrons. The summed E-state index contributed by atoms with van der Waals surface area (Å²) >= 11 is 0. The van der Waals surface area contributed by atoms with E-state index in [2.05, 4.69) is 20.5 Å². The molecule has 2 heterocycles. The van der Waals surface area contributed by atoms with Gasteiger partial charge in [-0.1, -0.05) is 18.2 Å². The van der Waals surface area contributed by atoms with E-state index in [9.17, 15) is 9.59 Å². The predicted molar refractivity (Wildman–Crippen MR) is 109 cm³/mol. The Bertz CT molecular complexity index is 1310. The molecular weight excluding hydrogens is 356 g/mol. The van der Waals surface area contributed by atoms with E-state index in [1.165, 1.54) is 6.08 Å². The van der Waals surface area contributed by atoms with Gasteiger partial charge in [-0.05, 0) is 36.4 Å². The molecule has 1 amide bonds. The third kappa shape index (κ3) is 3.45. The molecule has 7 heteroatoms. The van der Waals surface area contributed by atoms with Gasteiger partial charge in [-0.25, -0.2) is 0 Å². The fourth-order valence-corrected chi connectivity index (χ4v) is 2.99. The van der Waals surface area contributed by atoms with Crippen LogP contribution in [0.2, 0.25) is 0 Å². The third-order valence-corrected chi connectivity index (χ3v) is 4.40. The minimum Gasteiger partial charge on any atom is -0.497 e. The van der Waals surface area contributed by atoms with E-state index >= 15 is 0 Å². The number of methoxy groups -OCH3 is 1. The SMILES string of the molecule is COc1ccc(NC(=O)C=c2[nH][nH]c(=O)c2=Cc2c[nH]c3ccccc23)cc1. The molecule has 4 N–H and O–H groups in total. The number of ether oxygens (including phenoxy) is 1. The molecule has 4 aromatic rings. The summed E-state index contributed by atoms with van der Waals surface area (Å²) in [6.45, 7) is 0. The summed E-state index contributed by atoms with van der Waals surface area (Å²) in [6, 6.07) is 14.8. The Morgan fingerprint density at radius 1 is 1.07 bits per heavy atom. The number of hydrogen-bond acceptors (Lipinski definition) is 3. The molecule has 0 bridgehead atoms. The van der Waals surface area contributed by atoms with Crippen LogP contribution >= 0.6 is 0 Å². The first-order chi connectivity index (χ1) is 13.6. The molecule has 0 unspecified atom stereocenters. The first kappa shape index (κ1) is 17.4. The summed E-state index contributed by atoms with van der Waals surface area (Å²) in [5, 5.41) is 9.83. The van der Waals surface area contributed by atoms with Crippen molar-refractivity contribution in [1.29, 1.82) is 0 Å². The number of amides is 1. The van der Waals surface area contributed by atoms with E-state index in [4.69, 9.17) is 4.74 Å². The maximum Gasteiger partial charge on any atom is 0.271 e. The van der Waals surface area contributed by atoms with Crippen molar-refractivity contribution in [2.24, 2.45) is 0 Å². The number of aromatic nitrogens is 3. The van der Waals surface area contributed by atoms with Crippen molar-refractivity contribution in [3.05, 3.63) is 81.2 Å². The summed E-state index contributed by atoms with van der Waals surface area (Å²) in [6.07, 6.45) is 4.93. The first-order valence-electron chi connectivity index (χ1n) is 8.65. The van der Waals surface area contributed by atoms with Crippen LogP contribution in [0, 0.1) is 0 Å². The zero-order valence-corrected chi connectivity index (χ0v) is 15.1. The minimum atomic E-state index is -0.353. The van der Waals surface area contributed by atoms with Crippen LogP contribution in [-0.2, 0) is 4.79 Å². The molecule has 28 heavy (non-hydrogen) atoms. The third-order valence-electron chi connectivity index (χ3n) is 4.40. The number of H-pyrrole nitrogens is 3. The van der Waals surface area contributed by atoms with Crippen molar-refractivity contribution in [3.63, 3.8) is 0 Å². The lowest BCUT2D eigenvalue weighted by atomic mass is 10.1. The van der Waals surface area contributed by atoms with Gasteiger partial charge in [-0.2, -0.15) is 0 Å². The van der Waals surface area contributed by atoms with Gasteiger partial charge in [0.2, 0.25) is 0 Å². The molecule has 0 saturated heterocycles. The van der Waals surface area contributed by atoms with E-state index in [0.29, 0.717) is 22.0 Å². The molecule has 0 spiro atoms. The smallest absolute Gasteiger partial charge is 0.271 e. The predicted octanol–water partition coefficient (Wildman–Crippen LogP) is 1.44. The number of carbonyl (C=O) groups is 1. The summed E-state index contributed by atoms with van der Waals surface area (Å²) in [7, 11) is 1.58. The minimum absolute atomic E-state index is 0.297. The van der Waals surface area contributed by atoms with Crippen molar-refractivity contribution in [1.82, 2.24) is 15.2 Å². The van der Waals surface area contributed by atoms with Gasteiger partial charge < -0.3 is 15.0 Å². The summed E-state index contributed by atoms with van der Waals surface area (Å²) in [4.78, 5) is 27.7. The number of fused-ring (bicyclic) bond motifs is 1. The van der Waals surface area contributed by atoms with Crippen molar-refractivity contribution >= 4 is 34.6 Å². The van der Waals surface area contributed by atoms with Crippen molar-refractivity contribution in [3.8, 4) is 5.75 Å². The highest BCUT2D eigenvalue weighted by molar-refractivity contribution is 6.12. The van der Waals surface area contributed by atoms with Gasteiger partial charge in [0.25, 0.3) is 11.5 Å². The van der Waals surface area contributed by atoms with Crippen molar-refractivity contribution in [2.45, 2.75) is 0 Å². The zero-order chi connectivity index (χ0) is 19.5. The lowest BCUT2D eigenvalue weighted by Crippen LogP contribution is -2.34. The number of benzene rings is 2. The Morgan fingerprint density at radius 2 is 1.86 bits per heavy atom. The first-order valence-corrected chi connectivity index (χ1v) is 8.65. The highest BCUT2D eigenvalue weighted by Gasteiger charge is 2.04. The van der Waals surface area contributed by atoms with Gasteiger partial charge in [0.1, 0.15) is 5.75 Å². The Morgan fingerprint density at radius 3 is 2.64 bits per heavy atom. The number of aromatic amines is 3. The largest absolute Gasteiger partial charge is 0.497 e. The second-order valence-electron chi connectivity index (χ2n) is 6.20. The molecule has 0 atom stereocenters. The van der Waals surface area contributed by atoms with E-state index in [0.717, 1.165) is 16.5 Å². The second-order valence-corrected chi connectivity index (χ2v) is 6.20. The maximum absolute atomic E-state index is 12.4. The maximum atomic E-state index is 12.4. The molecule has 0 aliphatic rings. The van der Waals surface area contributed by atoms with Gasteiger partial charge in [0.05, 0.1) is 17.7 Å². The number of nitrogens with one attached hydrogen (secondary N) is 4. The highest BCUT2D eigenvalue weighted by atomic mass is 16.5. The Balaban J connectivity index is 1.69. The number of carbonyl (C=O) groups excluding carboxylic acids is 1. The normalized spacial score (nSPS) is 12.5. The van der Waals surface area contributed by atoms with Crippen LogP contribution < -0.4 is 26.2 Å². The van der Waals surface area contributed by atoms with E-state index in [-0.39, 0.29) is 11.5 Å². The quantitative estimate of drug-likeness (QED) is 0.435. The van der Waals surface area contributed by atoms with E-state index < -0.39 is 0 Å². The molecule has 0 saturated carbocycles. The molecule has 7 nitrogen and oxygen atoms in total. The molecular formula is C21H18N4O3. The number of anilines is 1. The van der Waals surface area contributed by atoms with E-state index in [1.807, 2.05) is 30.5 Å². The van der Waals surface area contributed by atoms with Gasteiger partial charge >= 0.3 is 0 Å². The number of para-hydroxylation sites is 1. The van der Waals surface area contributed by atoms with Crippen LogP contribution in [0.3, 0.4) is 0 Å². The fraction of sp³-hybridized carbons (Fsp3) is 0.0476. The van der Waals surface area contributed by atoms with Gasteiger partial charge in [0, 0.05) is 34.4 Å². The monoisotopic (exact) mass is 374 g/mol. The molecule has 0 fully saturated rings. The second kappa shape index (κ2) is 7.32. The molecule has 2 aromatic heterocycles. The highest BCUT2D eigenvalue weighted by Crippen LogP contribution is 2.17. The lowest BCUT2D eigenvalue weighted by molar-refractivity contribution is -0.110. The van der Waals surface area contributed by atoms with Crippen molar-refractivity contribution in [2.75, 3.05) is 12.4 Å². The average molecular weight is 374 g/mol. The zero-order valence-electron chi connectivity index (χ0n) is 15.1. The van der Waals surface area contributed by atoms with Crippen LogP contribution in [-0.4, -0.2) is 28.2 Å². The Labute approximate surface area is 159 Å². The Kier molecular flexibility index (Phi) is 4.55. The Hall–Kier alpha value is -4.00. The number of rotatable bonds is 4. The molecule has 4 rings (SSSR count). The summed E-state index contributed by atoms with van der Waals surface area (Å²) < 4.78 is 5.10. The fourth-order valence-electron chi connectivity index (χ4n) is 2.99. The summed E-state index contributed by atoms with van der Waals surface area (Å²) in [5.74, 6) is 0.349. The molecule has 140 valence electrons. The van der Waals surface area contributed by atoms with Crippen LogP contribution in [0.1, 0.15) is 5.56 Å². The van der Waals surface area contributed by atoms with E-state index in [1.54, 1.807) is 37.5 Å². The lowest BCUT2D eigenvalue weighted by Gasteiger charge is -2.03. The topological polar surface area (TPSA) is 103 Å². The summed E-state index contributed by atoms with van der Waals surface area (Å²) in [5.41, 5.74) is 2.17. The average Bonchev–Trinajstić information content (AvgIpc) is 3.27. The van der Waals surface area contributed by atoms with Crippen LogP contribution in [0.15, 0.2) is 59.5 Å². The van der Waals surface area contributed by atoms with Crippen LogP contribution in [0.25, 0.3) is 23.1 Å². The number of hydrogen-bond donors (Lipinski definition) is 4. The standard InChI is InChI=1S/C21H18N4O3/c1-28-15-8-6-14(7-9-15)23-20(26)11-19-17(21(27)25-24-19)10-13-12-22-18-5-3-2-4-16(13)18/h2-12,22,24H,1H3,(H,23,26)(H,25,27). The molecule has 0 aliphatic carbocycles. The van der Waals surface area contributed by atoms with Gasteiger partial charge in [-0.15, -0.1) is 0 Å². The van der Waals surface area contributed by atoms with Gasteiger partial charge in [-0.3, -0.25) is 19.8 Å². The molecule has 2 aromatic carbocycles. The van der Waals surface area contributed by atoms with Gasteiger partial charge in [0.15, 0.2) is 0 Å².